The average molecular weight is 323 g/mol. The highest BCUT2D eigenvalue weighted by Gasteiger charge is 2.36. The van der Waals surface area contributed by atoms with Crippen molar-refractivity contribution in [1.82, 2.24) is 20.0 Å². The zero-order valence-electron chi connectivity index (χ0n) is 23.3. The number of aryl methyl sites for hydroxylation is 1. The van der Waals surface area contributed by atoms with Gasteiger partial charge in [-0.2, -0.15) is 5.10 Å². The van der Waals surface area contributed by atoms with E-state index in [4.69, 9.17) is 15.1 Å². The lowest BCUT2D eigenvalue weighted by Crippen LogP contribution is -2.55. The maximum absolute atomic E-state index is 13.3. The van der Waals surface area contributed by atoms with Crippen LogP contribution < -0.4 is 5.32 Å². The van der Waals surface area contributed by atoms with Gasteiger partial charge in [0.15, 0.2) is 5.69 Å². The Morgan fingerprint density at radius 1 is 1.35 bits per heavy atom. The highest BCUT2D eigenvalue weighted by molar-refractivity contribution is 6.04. The maximum Gasteiger partial charge on any atom is 0.272 e. The Morgan fingerprint density at radius 3 is 2.87 bits per heavy atom. The number of amides is 1. The number of carbonyl (C=O) groups is 1. The van der Waals surface area contributed by atoms with Gasteiger partial charge >= 0.3 is 0 Å². The lowest BCUT2D eigenvalue weighted by molar-refractivity contribution is 0.0462. The Bertz CT molecular complexity index is 1100. The number of hydrogen-bond acceptors (Lipinski definition) is 3. The minimum absolute atomic E-state index is 0.0745. The molecule has 5 nitrogen and oxygen atoms in total. The molecule has 2 aromatic rings. The predicted molar refractivity (Wildman–Crippen MR) is 90.4 cm³/mol. The van der Waals surface area contributed by atoms with Crippen molar-refractivity contribution < 1.29 is 19.9 Å². The van der Waals surface area contributed by atoms with Crippen LogP contribution in [0.3, 0.4) is 0 Å². The molecule has 1 amide bonds. The van der Waals surface area contributed by atoms with Gasteiger partial charge in [0.05, 0.1) is 6.89 Å². The molecule has 0 unspecified atom stereocenters. The Kier molecular flexibility index (Phi) is 1.70. The largest absolute Gasteiger partial charge is 0.348 e. The molecule has 1 N–H and O–H groups in total. The molecule has 23 heavy (non-hydrogen) atoms. The van der Waals surface area contributed by atoms with Crippen molar-refractivity contribution in [2.24, 2.45) is 6.98 Å². The lowest BCUT2D eigenvalue weighted by Gasteiger charge is -2.47. The van der Waals surface area contributed by atoms with Crippen molar-refractivity contribution in [2.45, 2.75) is 50.1 Å². The van der Waals surface area contributed by atoms with E-state index in [1.54, 1.807) is 12.1 Å². The van der Waals surface area contributed by atoms with Gasteiger partial charge in [0.2, 0.25) is 0 Å². The topological polar surface area (TPSA) is 50.2 Å². The van der Waals surface area contributed by atoms with Crippen LogP contribution in [0.5, 0.6) is 0 Å². The monoisotopic (exact) mass is 323 g/mol. The van der Waals surface area contributed by atoms with Crippen molar-refractivity contribution in [1.29, 1.82) is 0 Å². The number of hydrogen-bond donors (Lipinski definition) is 1. The Labute approximate surface area is 152 Å². The summed E-state index contributed by atoms with van der Waals surface area (Å²) in [5.74, 6) is -1.12. The number of rotatable bonds is 2. The highest BCUT2D eigenvalue weighted by Crippen LogP contribution is 2.32. The molecule has 2 atom stereocenters. The minimum atomic E-state index is -2.88. The number of nitrogens with one attached hydrogen (secondary N) is 1. The molecule has 5 heteroatoms. The first-order chi connectivity index (χ1) is 15.4. The van der Waals surface area contributed by atoms with Crippen molar-refractivity contribution in [3.05, 3.63) is 30.0 Å². The number of fused-ring (bicyclic) bond motifs is 3. The number of piperidine rings is 2. The number of nitrogens with zero attached hydrogens (tertiary/aromatic N) is 3. The van der Waals surface area contributed by atoms with Gasteiger partial charge in [-0.1, -0.05) is 24.6 Å². The summed E-state index contributed by atoms with van der Waals surface area (Å²) in [6.45, 7) is -5.52. The molecule has 2 saturated heterocycles. The summed E-state index contributed by atoms with van der Waals surface area (Å²) in [7, 11) is 0. The SMILES string of the molecule is [2H]C([2H])([2H])N1[C@@H]2CCC[C@@H]1C([2H])([2H])C([2H])(NC(=O)c1nn(C([2H])([2H])[2H])c3ccccc13)C2([2H])[2H]. The van der Waals surface area contributed by atoms with Crippen LogP contribution in [0.1, 0.15) is 57.6 Å². The Morgan fingerprint density at radius 2 is 2.13 bits per heavy atom. The number of carbonyl (C=O) groups excluding carboxylic acids is 1. The van der Waals surface area contributed by atoms with Crippen molar-refractivity contribution in [3.8, 4) is 0 Å². The van der Waals surface area contributed by atoms with E-state index in [1.807, 2.05) is 0 Å². The molecule has 2 bridgehead atoms. The third-order valence-corrected chi connectivity index (χ3v) is 4.29. The fourth-order valence-electron chi connectivity index (χ4n) is 3.14. The third kappa shape index (κ3) is 2.53. The van der Waals surface area contributed by atoms with Gasteiger partial charge in [-0.15, -0.1) is 0 Å². The molecule has 0 spiro atoms. The van der Waals surface area contributed by atoms with Crippen LogP contribution in [-0.4, -0.2) is 45.7 Å². The smallest absolute Gasteiger partial charge is 0.272 e. The normalized spacial score (nSPS) is 43.7. The van der Waals surface area contributed by atoms with E-state index < -0.39 is 56.4 Å². The van der Waals surface area contributed by atoms with Crippen LogP contribution in [0.2, 0.25) is 0 Å². The molecule has 1 aromatic carbocycles. The number of benzene rings is 1. The molecule has 1 aromatic heterocycles. The molecule has 3 heterocycles. The summed E-state index contributed by atoms with van der Waals surface area (Å²) in [6.07, 6.45) is -5.09. The summed E-state index contributed by atoms with van der Waals surface area (Å²) in [6, 6.07) is 0.459. The van der Waals surface area contributed by atoms with Crippen LogP contribution in [0.15, 0.2) is 24.3 Å². The minimum Gasteiger partial charge on any atom is -0.348 e. The summed E-state index contributed by atoms with van der Waals surface area (Å²) in [5.41, 5.74) is -0.278. The van der Waals surface area contributed by atoms with Gasteiger partial charge in [-0.3, -0.25) is 9.48 Å². The van der Waals surface area contributed by atoms with Gasteiger partial charge < -0.3 is 10.2 Å². The van der Waals surface area contributed by atoms with E-state index in [0.29, 0.717) is 11.1 Å². The zero-order valence-corrected chi connectivity index (χ0v) is 12.3. The van der Waals surface area contributed by atoms with Crippen LogP contribution in [0, 0.1) is 0 Å². The van der Waals surface area contributed by atoms with Crippen LogP contribution in [0.4, 0.5) is 0 Å². The maximum atomic E-state index is 13.3. The van der Waals surface area contributed by atoms with E-state index in [2.05, 4.69) is 10.4 Å². The summed E-state index contributed by atoms with van der Waals surface area (Å²) < 4.78 is 90.8. The third-order valence-electron chi connectivity index (χ3n) is 4.29. The summed E-state index contributed by atoms with van der Waals surface area (Å²) >= 11 is 0. The zero-order chi connectivity index (χ0) is 25.5. The molecule has 2 aliphatic heterocycles. The molecule has 2 fully saturated rings. The fraction of sp³-hybridized carbons (Fsp3) is 0.556. The molecule has 4 rings (SSSR count). The molecule has 0 saturated carbocycles. The Balaban J connectivity index is 1.81. The van der Waals surface area contributed by atoms with Gasteiger partial charge in [0.25, 0.3) is 5.91 Å². The lowest BCUT2D eigenvalue weighted by atomic mass is 9.82. The first-order valence-corrected chi connectivity index (χ1v) is 7.54. The van der Waals surface area contributed by atoms with Gasteiger partial charge in [-0.25, -0.2) is 0 Å². The van der Waals surface area contributed by atoms with Crippen molar-refractivity contribution in [3.63, 3.8) is 0 Å². The van der Waals surface area contributed by atoms with Crippen LogP contribution in [0.25, 0.3) is 10.9 Å². The fourth-order valence-corrected chi connectivity index (χ4v) is 3.14. The number of para-hydroxylation sites is 1. The summed E-state index contributed by atoms with van der Waals surface area (Å²) in [5, 5.41) is 6.19. The van der Waals surface area contributed by atoms with E-state index >= 15 is 0 Å². The van der Waals surface area contributed by atoms with Gasteiger partial charge in [-0.05, 0) is 38.6 Å². The second kappa shape index (κ2) is 5.64. The second-order valence-electron chi connectivity index (χ2n) is 5.77. The molecule has 122 valence electrons. The highest BCUT2D eigenvalue weighted by atomic mass is 16.2. The molecular weight excluding hydrogens is 288 g/mol. The predicted octanol–water partition coefficient (Wildman–Crippen LogP) is 2.32. The summed E-state index contributed by atoms with van der Waals surface area (Å²) in [4.78, 5) is 14.1. The van der Waals surface area contributed by atoms with Crippen molar-refractivity contribution in [2.75, 3.05) is 6.98 Å². The number of aromatic nitrogens is 2. The first-order valence-electron chi connectivity index (χ1n) is 13.0. The standard InChI is InChI=1S/C18H24N4O/c1-21-13-6-5-7-14(21)11-12(10-13)19-18(23)17-15-8-3-4-9-16(15)22(2)20-17/h3-4,8-9,12-14H,5-7,10-11H2,1-2H3,(H,19,23)/t13-,14-/m1/s1/i1D3,2D3,10D2,11D2,12D. The quantitative estimate of drug-likeness (QED) is 0.923. The van der Waals surface area contributed by atoms with E-state index in [9.17, 15) is 4.79 Å². The van der Waals surface area contributed by atoms with E-state index in [1.165, 1.54) is 12.1 Å². The average Bonchev–Trinajstić information content (AvgIpc) is 3.12. The molecule has 2 aliphatic rings. The van der Waals surface area contributed by atoms with Gasteiger partial charge in [0, 0.05) is 44.2 Å². The van der Waals surface area contributed by atoms with Crippen LogP contribution >= 0.6 is 0 Å². The van der Waals surface area contributed by atoms with E-state index in [-0.39, 0.29) is 23.7 Å². The molecular formula is C18H24N4O. The first kappa shape index (κ1) is 6.93. The van der Waals surface area contributed by atoms with Crippen LogP contribution in [-0.2, 0) is 6.98 Å². The van der Waals surface area contributed by atoms with Gasteiger partial charge in [0.1, 0.15) is 0 Å². The second-order valence-corrected chi connectivity index (χ2v) is 5.77. The van der Waals surface area contributed by atoms with E-state index in [0.717, 1.165) is 4.90 Å². The molecule has 0 aliphatic carbocycles. The Hall–Kier alpha value is -1.88. The van der Waals surface area contributed by atoms with Crippen molar-refractivity contribution >= 4 is 16.8 Å². The molecule has 0 radical (unpaired) electrons.